The quantitative estimate of drug-likeness (QED) is 0.585. The Bertz CT molecular complexity index is 224. The Hall–Kier alpha value is -1.10. The second-order valence-corrected chi connectivity index (χ2v) is 3.57. The SMILES string of the molecule is CC(NC(=O)[C@@H]1CCCCN1)C(=O)O. The predicted molar refractivity (Wildman–Crippen MR) is 50.9 cm³/mol. The van der Waals surface area contributed by atoms with Gasteiger partial charge in [-0.15, -0.1) is 0 Å². The molecule has 0 saturated carbocycles. The van der Waals surface area contributed by atoms with Gasteiger partial charge in [0.05, 0.1) is 6.04 Å². The van der Waals surface area contributed by atoms with E-state index in [1.165, 1.54) is 6.92 Å². The van der Waals surface area contributed by atoms with Crippen LogP contribution in [0.2, 0.25) is 0 Å². The Kier molecular flexibility index (Phi) is 3.88. The molecule has 1 heterocycles. The summed E-state index contributed by atoms with van der Waals surface area (Å²) >= 11 is 0. The Morgan fingerprint density at radius 2 is 2.21 bits per heavy atom. The van der Waals surface area contributed by atoms with Gasteiger partial charge >= 0.3 is 5.97 Å². The zero-order valence-corrected chi connectivity index (χ0v) is 8.25. The molecule has 5 nitrogen and oxygen atoms in total. The van der Waals surface area contributed by atoms with Crippen molar-refractivity contribution in [3.63, 3.8) is 0 Å². The van der Waals surface area contributed by atoms with E-state index < -0.39 is 12.0 Å². The van der Waals surface area contributed by atoms with Crippen molar-refractivity contribution in [1.29, 1.82) is 0 Å². The Labute approximate surface area is 82.9 Å². The van der Waals surface area contributed by atoms with Crippen LogP contribution in [0.5, 0.6) is 0 Å². The number of piperidine rings is 1. The van der Waals surface area contributed by atoms with Gasteiger partial charge in [-0.3, -0.25) is 9.59 Å². The Balaban J connectivity index is 2.36. The summed E-state index contributed by atoms with van der Waals surface area (Å²) in [5.41, 5.74) is 0. The summed E-state index contributed by atoms with van der Waals surface area (Å²) < 4.78 is 0. The highest BCUT2D eigenvalue weighted by molar-refractivity contribution is 5.86. The Morgan fingerprint density at radius 1 is 1.50 bits per heavy atom. The average Bonchev–Trinajstić information content (AvgIpc) is 2.19. The minimum absolute atomic E-state index is 0.209. The maximum atomic E-state index is 11.5. The normalized spacial score (nSPS) is 23.9. The lowest BCUT2D eigenvalue weighted by atomic mass is 10.0. The largest absolute Gasteiger partial charge is 0.480 e. The van der Waals surface area contributed by atoms with Crippen molar-refractivity contribution < 1.29 is 14.7 Å². The van der Waals surface area contributed by atoms with Crippen LogP contribution in [0.4, 0.5) is 0 Å². The van der Waals surface area contributed by atoms with E-state index in [1.807, 2.05) is 0 Å². The lowest BCUT2D eigenvalue weighted by Crippen LogP contribution is -2.50. The van der Waals surface area contributed by atoms with Crippen LogP contribution >= 0.6 is 0 Å². The molecule has 1 amide bonds. The van der Waals surface area contributed by atoms with Crippen LogP contribution < -0.4 is 10.6 Å². The fourth-order valence-corrected chi connectivity index (χ4v) is 1.45. The predicted octanol–water partition coefficient (Wildman–Crippen LogP) is -0.282. The lowest BCUT2D eigenvalue weighted by Gasteiger charge is -2.23. The molecule has 0 aromatic carbocycles. The Morgan fingerprint density at radius 3 is 2.71 bits per heavy atom. The molecule has 1 aliphatic rings. The monoisotopic (exact) mass is 200 g/mol. The fraction of sp³-hybridized carbons (Fsp3) is 0.778. The summed E-state index contributed by atoms with van der Waals surface area (Å²) in [6, 6.07) is -1.03. The van der Waals surface area contributed by atoms with E-state index in [1.54, 1.807) is 0 Å². The van der Waals surface area contributed by atoms with Crippen LogP contribution in [-0.4, -0.2) is 35.6 Å². The van der Waals surface area contributed by atoms with Gasteiger partial charge in [-0.2, -0.15) is 0 Å². The number of carbonyl (C=O) groups is 2. The molecule has 3 N–H and O–H groups in total. The molecule has 0 bridgehead atoms. The summed E-state index contributed by atoms with van der Waals surface area (Å²) in [5.74, 6) is -1.21. The van der Waals surface area contributed by atoms with E-state index in [4.69, 9.17) is 5.11 Å². The third-order valence-electron chi connectivity index (χ3n) is 2.36. The zero-order valence-electron chi connectivity index (χ0n) is 8.25. The fourth-order valence-electron chi connectivity index (χ4n) is 1.45. The topological polar surface area (TPSA) is 78.4 Å². The van der Waals surface area contributed by atoms with Crippen LogP contribution in [0.1, 0.15) is 26.2 Å². The first-order chi connectivity index (χ1) is 6.61. The summed E-state index contributed by atoms with van der Waals surface area (Å²) in [6.45, 7) is 2.29. The van der Waals surface area contributed by atoms with Crippen LogP contribution in [0.25, 0.3) is 0 Å². The van der Waals surface area contributed by atoms with Gasteiger partial charge in [-0.05, 0) is 26.3 Å². The second-order valence-electron chi connectivity index (χ2n) is 3.57. The molecule has 0 radical (unpaired) electrons. The van der Waals surface area contributed by atoms with E-state index in [2.05, 4.69) is 10.6 Å². The minimum Gasteiger partial charge on any atom is -0.480 e. The number of rotatable bonds is 3. The molecule has 1 aliphatic heterocycles. The molecule has 1 fully saturated rings. The number of nitrogens with one attached hydrogen (secondary N) is 2. The molecule has 0 aromatic rings. The molecule has 0 aromatic heterocycles. The van der Waals surface area contributed by atoms with Gasteiger partial charge in [-0.1, -0.05) is 6.42 Å². The van der Waals surface area contributed by atoms with E-state index >= 15 is 0 Å². The molecule has 2 atom stereocenters. The van der Waals surface area contributed by atoms with E-state index in [0.29, 0.717) is 0 Å². The third-order valence-corrected chi connectivity index (χ3v) is 2.36. The molecule has 80 valence electrons. The van der Waals surface area contributed by atoms with Crippen LogP contribution in [0, 0.1) is 0 Å². The first-order valence-electron chi connectivity index (χ1n) is 4.88. The van der Waals surface area contributed by atoms with Crippen molar-refractivity contribution in [1.82, 2.24) is 10.6 Å². The number of hydrogen-bond donors (Lipinski definition) is 3. The highest BCUT2D eigenvalue weighted by Gasteiger charge is 2.23. The molecular formula is C9H16N2O3. The number of carbonyl (C=O) groups excluding carboxylic acids is 1. The molecule has 14 heavy (non-hydrogen) atoms. The third kappa shape index (κ3) is 2.99. The van der Waals surface area contributed by atoms with Crippen molar-refractivity contribution in [3.05, 3.63) is 0 Å². The lowest BCUT2D eigenvalue weighted by molar-refractivity contribution is -0.141. The first kappa shape index (κ1) is 11.0. The van der Waals surface area contributed by atoms with Gasteiger partial charge in [0.1, 0.15) is 6.04 Å². The van der Waals surface area contributed by atoms with Crippen LogP contribution in [-0.2, 0) is 9.59 Å². The number of carboxylic acid groups (broad SMARTS) is 1. The van der Waals surface area contributed by atoms with Crippen LogP contribution in [0.3, 0.4) is 0 Å². The second kappa shape index (κ2) is 4.95. The van der Waals surface area contributed by atoms with E-state index in [-0.39, 0.29) is 11.9 Å². The zero-order chi connectivity index (χ0) is 10.6. The van der Waals surface area contributed by atoms with E-state index in [9.17, 15) is 9.59 Å². The molecular weight excluding hydrogens is 184 g/mol. The minimum atomic E-state index is -1.01. The maximum absolute atomic E-state index is 11.5. The van der Waals surface area contributed by atoms with Gasteiger partial charge in [0, 0.05) is 0 Å². The molecule has 1 unspecified atom stereocenters. The molecule has 1 saturated heterocycles. The first-order valence-corrected chi connectivity index (χ1v) is 4.88. The molecule has 0 aliphatic carbocycles. The summed E-state index contributed by atoms with van der Waals surface area (Å²) in [7, 11) is 0. The molecule has 5 heteroatoms. The number of hydrogen-bond acceptors (Lipinski definition) is 3. The van der Waals surface area contributed by atoms with Gasteiger partial charge in [0.2, 0.25) is 5.91 Å². The molecule has 1 rings (SSSR count). The van der Waals surface area contributed by atoms with Gasteiger partial charge in [0.15, 0.2) is 0 Å². The van der Waals surface area contributed by atoms with Crippen molar-refractivity contribution in [2.45, 2.75) is 38.3 Å². The summed E-state index contributed by atoms with van der Waals surface area (Å²) in [4.78, 5) is 22.0. The van der Waals surface area contributed by atoms with Crippen LogP contribution in [0.15, 0.2) is 0 Å². The number of aliphatic carboxylic acids is 1. The van der Waals surface area contributed by atoms with Crippen molar-refractivity contribution in [2.24, 2.45) is 0 Å². The highest BCUT2D eigenvalue weighted by atomic mass is 16.4. The summed E-state index contributed by atoms with van der Waals surface area (Å²) in [6.07, 6.45) is 2.89. The van der Waals surface area contributed by atoms with Crippen molar-refractivity contribution in [2.75, 3.05) is 6.54 Å². The van der Waals surface area contributed by atoms with Gasteiger partial charge < -0.3 is 15.7 Å². The number of amides is 1. The van der Waals surface area contributed by atoms with Crippen molar-refractivity contribution in [3.8, 4) is 0 Å². The van der Waals surface area contributed by atoms with Crippen molar-refractivity contribution >= 4 is 11.9 Å². The number of carboxylic acids is 1. The maximum Gasteiger partial charge on any atom is 0.325 e. The van der Waals surface area contributed by atoms with Gasteiger partial charge in [-0.25, -0.2) is 0 Å². The highest BCUT2D eigenvalue weighted by Crippen LogP contribution is 2.06. The summed E-state index contributed by atoms with van der Waals surface area (Å²) in [5, 5.41) is 14.1. The molecule has 0 spiro atoms. The van der Waals surface area contributed by atoms with Gasteiger partial charge in [0.25, 0.3) is 0 Å². The standard InChI is InChI=1S/C9H16N2O3/c1-6(9(13)14)11-8(12)7-4-2-3-5-10-7/h6-7,10H,2-5H2,1H3,(H,11,12)(H,13,14)/t6?,7-/m0/s1. The smallest absolute Gasteiger partial charge is 0.325 e. The average molecular weight is 200 g/mol. The van der Waals surface area contributed by atoms with E-state index in [0.717, 1.165) is 25.8 Å².